The monoisotopic (exact) mass is 254 g/mol. The predicted octanol–water partition coefficient (Wildman–Crippen LogP) is 5.18. The number of hydrogen-bond acceptors (Lipinski definition) is 0. The molecule has 0 aliphatic heterocycles. The van der Waals surface area contributed by atoms with Crippen LogP contribution in [0.3, 0.4) is 0 Å². The molecule has 0 radical (unpaired) electrons. The molecule has 5 atom stereocenters. The Kier molecular flexibility index (Phi) is 2.59. The van der Waals surface area contributed by atoms with Crippen molar-refractivity contribution in [3.63, 3.8) is 0 Å². The topological polar surface area (TPSA) is 0 Å². The molecule has 0 saturated heterocycles. The van der Waals surface area contributed by atoms with Crippen LogP contribution in [-0.2, 0) is 6.42 Å². The van der Waals surface area contributed by atoms with Gasteiger partial charge in [0, 0.05) is 0 Å². The van der Waals surface area contributed by atoms with Gasteiger partial charge in [0.2, 0.25) is 0 Å². The van der Waals surface area contributed by atoms with E-state index in [-0.39, 0.29) is 0 Å². The van der Waals surface area contributed by atoms with Gasteiger partial charge in [-0.25, -0.2) is 0 Å². The maximum Gasteiger partial charge on any atom is -0.0128 e. The minimum atomic E-state index is 0.660. The SMILES string of the molecule is C[C@@H]1CC[C@H]2[C@@H]3CCc4ccccc4[C@H]3CC[C@]12C. The molecular formula is C19H26. The highest BCUT2D eigenvalue weighted by atomic mass is 14.6. The zero-order valence-electron chi connectivity index (χ0n) is 12.4. The third-order valence-electron chi connectivity index (χ3n) is 7.11. The van der Waals surface area contributed by atoms with Crippen molar-refractivity contribution < 1.29 is 0 Å². The second-order valence-corrected chi connectivity index (χ2v) is 7.64. The second kappa shape index (κ2) is 4.11. The maximum absolute atomic E-state index is 2.60. The molecule has 3 aliphatic carbocycles. The molecule has 0 spiro atoms. The highest BCUT2D eigenvalue weighted by Crippen LogP contribution is 2.62. The highest BCUT2D eigenvalue weighted by molar-refractivity contribution is 5.34. The lowest BCUT2D eigenvalue weighted by molar-refractivity contribution is 0.0337. The van der Waals surface area contributed by atoms with Crippen molar-refractivity contribution in [2.75, 3.05) is 0 Å². The van der Waals surface area contributed by atoms with E-state index in [0.29, 0.717) is 5.41 Å². The molecule has 1 aromatic rings. The Morgan fingerprint density at radius 1 is 1.05 bits per heavy atom. The van der Waals surface area contributed by atoms with Crippen LogP contribution in [0.25, 0.3) is 0 Å². The summed E-state index contributed by atoms with van der Waals surface area (Å²) in [5.74, 6) is 3.83. The molecule has 102 valence electrons. The lowest BCUT2D eigenvalue weighted by atomic mass is 9.54. The van der Waals surface area contributed by atoms with E-state index >= 15 is 0 Å². The van der Waals surface area contributed by atoms with Gasteiger partial charge in [-0.05, 0) is 78.7 Å². The van der Waals surface area contributed by atoms with Crippen LogP contribution in [-0.4, -0.2) is 0 Å². The molecular weight excluding hydrogens is 228 g/mol. The van der Waals surface area contributed by atoms with Crippen LogP contribution in [0, 0.1) is 23.2 Å². The van der Waals surface area contributed by atoms with E-state index in [1.165, 1.54) is 38.5 Å². The summed E-state index contributed by atoms with van der Waals surface area (Å²) in [6.07, 6.45) is 8.67. The van der Waals surface area contributed by atoms with Crippen LogP contribution in [0.15, 0.2) is 24.3 Å². The smallest absolute Gasteiger partial charge is 0.0128 e. The summed E-state index contributed by atoms with van der Waals surface area (Å²) in [7, 11) is 0. The summed E-state index contributed by atoms with van der Waals surface area (Å²) in [6.45, 7) is 5.11. The van der Waals surface area contributed by atoms with E-state index in [9.17, 15) is 0 Å². The van der Waals surface area contributed by atoms with Gasteiger partial charge in [-0.1, -0.05) is 38.1 Å². The van der Waals surface area contributed by atoms with Crippen LogP contribution in [0.1, 0.15) is 63.0 Å². The Labute approximate surface area is 117 Å². The van der Waals surface area contributed by atoms with Crippen molar-refractivity contribution in [2.45, 2.75) is 58.3 Å². The highest BCUT2D eigenvalue weighted by Gasteiger charge is 2.53. The predicted molar refractivity (Wildman–Crippen MR) is 80.2 cm³/mol. The van der Waals surface area contributed by atoms with E-state index in [2.05, 4.69) is 38.1 Å². The van der Waals surface area contributed by atoms with Crippen molar-refractivity contribution in [3.05, 3.63) is 35.4 Å². The standard InChI is InChI=1S/C19H26/c1-13-7-10-18-17-9-8-14-5-3-4-6-15(14)16(17)11-12-19(13,18)2/h3-6,13,16-18H,7-12H2,1-2H3/t13-,16-,17-,18+,19-/m1/s1. The second-order valence-electron chi connectivity index (χ2n) is 7.64. The average Bonchev–Trinajstić information content (AvgIpc) is 2.75. The number of aryl methyl sites for hydroxylation is 1. The summed E-state index contributed by atoms with van der Waals surface area (Å²) < 4.78 is 0. The Hall–Kier alpha value is -0.780. The quantitative estimate of drug-likeness (QED) is 0.598. The van der Waals surface area contributed by atoms with Crippen LogP contribution < -0.4 is 0 Å². The lowest BCUT2D eigenvalue weighted by Gasteiger charge is -2.50. The molecule has 0 heteroatoms. The molecule has 0 aromatic heterocycles. The van der Waals surface area contributed by atoms with Gasteiger partial charge in [0.05, 0.1) is 0 Å². The molecule has 0 bridgehead atoms. The van der Waals surface area contributed by atoms with Crippen LogP contribution in [0.4, 0.5) is 0 Å². The fourth-order valence-electron chi connectivity index (χ4n) is 5.78. The van der Waals surface area contributed by atoms with Crippen LogP contribution >= 0.6 is 0 Å². The van der Waals surface area contributed by atoms with Crippen molar-refractivity contribution in [1.29, 1.82) is 0 Å². The number of hydrogen-bond donors (Lipinski definition) is 0. The van der Waals surface area contributed by atoms with Crippen LogP contribution in [0.5, 0.6) is 0 Å². The van der Waals surface area contributed by atoms with Gasteiger partial charge in [-0.2, -0.15) is 0 Å². The Balaban J connectivity index is 1.72. The first-order chi connectivity index (χ1) is 9.20. The first-order valence-corrected chi connectivity index (χ1v) is 8.28. The van der Waals surface area contributed by atoms with Gasteiger partial charge in [0.15, 0.2) is 0 Å². The zero-order chi connectivity index (χ0) is 13.0. The number of benzene rings is 1. The van der Waals surface area contributed by atoms with Gasteiger partial charge < -0.3 is 0 Å². The Bertz CT molecular complexity index is 489. The Morgan fingerprint density at radius 3 is 2.79 bits per heavy atom. The van der Waals surface area contributed by atoms with Gasteiger partial charge in [0.25, 0.3) is 0 Å². The fraction of sp³-hybridized carbons (Fsp3) is 0.684. The minimum absolute atomic E-state index is 0.660. The van der Waals surface area contributed by atoms with E-state index in [1.54, 1.807) is 11.1 Å². The molecule has 3 aliphatic rings. The van der Waals surface area contributed by atoms with Crippen molar-refractivity contribution >= 4 is 0 Å². The molecule has 0 nitrogen and oxygen atoms in total. The van der Waals surface area contributed by atoms with Gasteiger partial charge in [-0.15, -0.1) is 0 Å². The largest absolute Gasteiger partial charge is 0.0620 e. The summed E-state index contributed by atoms with van der Waals surface area (Å²) in [4.78, 5) is 0. The van der Waals surface area contributed by atoms with Gasteiger partial charge >= 0.3 is 0 Å². The summed E-state index contributed by atoms with van der Waals surface area (Å²) in [5, 5.41) is 0. The first-order valence-electron chi connectivity index (χ1n) is 8.28. The normalized spacial score (nSPS) is 44.3. The number of fused-ring (bicyclic) bond motifs is 5. The third-order valence-corrected chi connectivity index (χ3v) is 7.11. The molecule has 19 heavy (non-hydrogen) atoms. The van der Waals surface area contributed by atoms with Crippen molar-refractivity contribution in [3.8, 4) is 0 Å². The van der Waals surface area contributed by atoms with E-state index < -0.39 is 0 Å². The molecule has 0 heterocycles. The molecule has 2 saturated carbocycles. The third kappa shape index (κ3) is 1.58. The van der Waals surface area contributed by atoms with Crippen molar-refractivity contribution in [1.82, 2.24) is 0 Å². The van der Waals surface area contributed by atoms with E-state index in [4.69, 9.17) is 0 Å². The maximum atomic E-state index is 2.60. The van der Waals surface area contributed by atoms with Gasteiger partial charge in [-0.3, -0.25) is 0 Å². The lowest BCUT2D eigenvalue weighted by Crippen LogP contribution is -2.41. The van der Waals surface area contributed by atoms with E-state index in [1.807, 2.05) is 0 Å². The minimum Gasteiger partial charge on any atom is -0.0620 e. The zero-order valence-corrected chi connectivity index (χ0v) is 12.4. The molecule has 0 unspecified atom stereocenters. The molecule has 4 rings (SSSR count). The first kappa shape index (κ1) is 12.0. The molecule has 0 amide bonds. The summed E-state index contributed by atoms with van der Waals surface area (Å²) >= 11 is 0. The molecule has 2 fully saturated rings. The fourth-order valence-corrected chi connectivity index (χ4v) is 5.78. The Morgan fingerprint density at radius 2 is 1.89 bits per heavy atom. The average molecular weight is 254 g/mol. The van der Waals surface area contributed by atoms with Gasteiger partial charge in [0.1, 0.15) is 0 Å². The molecule has 0 N–H and O–H groups in total. The van der Waals surface area contributed by atoms with E-state index in [0.717, 1.165) is 23.7 Å². The summed E-state index contributed by atoms with van der Waals surface area (Å²) in [5.41, 5.74) is 4.02. The molecule has 1 aromatic carbocycles. The number of rotatable bonds is 0. The summed E-state index contributed by atoms with van der Waals surface area (Å²) in [6, 6.07) is 9.28. The van der Waals surface area contributed by atoms with Crippen LogP contribution in [0.2, 0.25) is 0 Å². The van der Waals surface area contributed by atoms with Crippen molar-refractivity contribution in [2.24, 2.45) is 23.2 Å².